The molecule has 0 aromatic heterocycles. The van der Waals surface area contributed by atoms with Crippen LogP contribution in [-0.2, 0) is 9.53 Å². The molecule has 2 aliphatic heterocycles. The largest absolute Gasteiger partial charge is 0.381 e. The number of unbranched alkanes of at least 4 members (excludes halogenated alkanes) is 3. The van der Waals surface area contributed by atoms with E-state index in [9.17, 15) is 9.59 Å². The number of rotatable bonds is 6. The van der Waals surface area contributed by atoms with Crippen LogP contribution in [0.4, 0.5) is 4.79 Å². The number of nitrogens with zero attached hydrogens (tertiary/aromatic N) is 1. The number of imide groups is 1. The molecule has 3 amide bonds. The Balaban J connectivity index is 1.84. The highest BCUT2D eigenvalue weighted by atomic mass is 35.5. The van der Waals surface area contributed by atoms with Crippen molar-refractivity contribution in [3.05, 3.63) is 0 Å². The summed E-state index contributed by atoms with van der Waals surface area (Å²) in [4.78, 5) is 25.7. The van der Waals surface area contributed by atoms with Crippen LogP contribution < -0.4 is 5.32 Å². The second-order valence-corrected chi connectivity index (χ2v) is 5.56. The fourth-order valence-corrected chi connectivity index (χ4v) is 2.84. The smallest absolute Gasteiger partial charge is 0.325 e. The van der Waals surface area contributed by atoms with Crippen molar-refractivity contribution in [1.29, 1.82) is 0 Å². The number of hydrogen-bond acceptors (Lipinski definition) is 3. The van der Waals surface area contributed by atoms with Gasteiger partial charge in [-0.2, -0.15) is 0 Å². The van der Waals surface area contributed by atoms with Crippen molar-refractivity contribution in [2.75, 3.05) is 25.6 Å². The Morgan fingerprint density at radius 3 is 2.53 bits per heavy atom. The zero-order valence-corrected chi connectivity index (χ0v) is 11.9. The van der Waals surface area contributed by atoms with Gasteiger partial charge in [-0.25, -0.2) is 4.79 Å². The summed E-state index contributed by atoms with van der Waals surface area (Å²) in [6.45, 7) is 1.58. The Hall–Kier alpha value is -0.810. The number of amides is 3. The van der Waals surface area contributed by atoms with Crippen LogP contribution in [-0.4, -0.2) is 48.0 Å². The van der Waals surface area contributed by atoms with E-state index in [2.05, 4.69) is 5.32 Å². The molecule has 2 aliphatic rings. The Morgan fingerprint density at radius 2 is 1.84 bits per heavy atom. The normalized spacial score (nSPS) is 22.1. The summed E-state index contributed by atoms with van der Waals surface area (Å²) in [7, 11) is 0. The first-order chi connectivity index (χ1) is 9.19. The molecular formula is C13H21ClN2O3. The molecule has 0 aromatic carbocycles. The molecule has 19 heavy (non-hydrogen) atoms. The van der Waals surface area contributed by atoms with E-state index in [1.807, 2.05) is 0 Å². The predicted octanol–water partition coefficient (Wildman–Crippen LogP) is 1.89. The number of carbonyl (C=O) groups excluding carboxylic acids is 2. The number of nitrogens with one attached hydrogen (secondary N) is 1. The number of urea groups is 1. The molecule has 2 fully saturated rings. The van der Waals surface area contributed by atoms with E-state index in [4.69, 9.17) is 16.3 Å². The van der Waals surface area contributed by atoms with E-state index >= 15 is 0 Å². The van der Waals surface area contributed by atoms with E-state index in [1.165, 1.54) is 4.90 Å². The third-order valence-electron chi connectivity index (χ3n) is 3.86. The Bertz CT molecular complexity index is 343. The van der Waals surface area contributed by atoms with Gasteiger partial charge in [0.05, 0.1) is 0 Å². The summed E-state index contributed by atoms with van der Waals surface area (Å²) >= 11 is 5.61. The predicted molar refractivity (Wildman–Crippen MR) is 72.2 cm³/mol. The average Bonchev–Trinajstić information content (AvgIpc) is 2.63. The Morgan fingerprint density at radius 1 is 1.16 bits per heavy atom. The van der Waals surface area contributed by atoms with E-state index in [0.29, 0.717) is 38.5 Å². The average molecular weight is 289 g/mol. The molecule has 1 spiro atoms. The van der Waals surface area contributed by atoms with Gasteiger partial charge in [-0.1, -0.05) is 12.8 Å². The van der Waals surface area contributed by atoms with E-state index in [-0.39, 0.29) is 11.9 Å². The first-order valence-corrected chi connectivity index (χ1v) is 7.51. The Kier molecular flexibility index (Phi) is 5.05. The van der Waals surface area contributed by atoms with Crippen LogP contribution in [0.2, 0.25) is 0 Å². The second kappa shape index (κ2) is 6.57. The zero-order chi connectivity index (χ0) is 13.7. The van der Waals surface area contributed by atoms with Gasteiger partial charge in [-0.3, -0.25) is 9.69 Å². The van der Waals surface area contributed by atoms with Gasteiger partial charge in [-0.05, 0) is 12.8 Å². The van der Waals surface area contributed by atoms with Gasteiger partial charge in [0.2, 0.25) is 0 Å². The molecule has 0 bridgehead atoms. The number of alkyl halides is 1. The third kappa shape index (κ3) is 3.20. The van der Waals surface area contributed by atoms with Gasteiger partial charge in [-0.15, -0.1) is 11.6 Å². The maximum Gasteiger partial charge on any atom is 0.325 e. The minimum atomic E-state index is -0.689. The summed E-state index contributed by atoms with van der Waals surface area (Å²) in [5, 5.41) is 2.86. The van der Waals surface area contributed by atoms with Crippen LogP contribution in [0.25, 0.3) is 0 Å². The summed E-state index contributed by atoms with van der Waals surface area (Å²) in [5.74, 6) is 0.602. The number of hydrogen-bond donors (Lipinski definition) is 1. The van der Waals surface area contributed by atoms with Crippen molar-refractivity contribution in [3.8, 4) is 0 Å². The van der Waals surface area contributed by atoms with Crippen LogP contribution in [0.3, 0.4) is 0 Å². The van der Waals surface area contributed by atoms with Crippen molar-refractivity contribution in [3.63, 3.8) is 0 Å². The highest BCUT2D eigenvalue weighted by molar-refractivity contribution is 6.17. The van der Waals surface area contributed by atoms with E-state index < -0.39 is 5.54 Å². The summed E-state index contributed by atoms with van der Waals surface area (Å²) in [6.07, 6.45) is 5.05. The quantitative estimate of drug-likeness (QED) is 0.461. The van der Waals surface area contributed by atoms with E-state index in [0.717, 1.165) is 25.7 Å². The van der Waals surface area contributed by atoms with Crippen molar-refractivity contribution >= 4 is 23.5 Å². The van der Waals surface area contributed by atoms with Crippen LogP contribution in [0, 0.1) is 0 Å². The summed E-state index contributed by atoms with van der Waals surface area (Å²) in [6, 6.07) is -0.246. The van der Waals surface area contributed by atoms with Crippen molar-refractivity contribution in [2.45, 2.75) is 44.1 Å². The van der Waals surface area contributed by atoms with Gasteiger partial charge in [0, 0.05) is 38.5 Å². The maximum absolute atomic E-state index is 12.4. The minimum absolute atomic E-state index is 0.0712. The molecule has 0 aromatic rings. The third-order valence-corrected chi connectivity index (χ3v) is 4.12. The number of halogens is 1. The molecule has 0 saturated carbocycles. The lowest BCUT2D eigenvalue weighted by Crippen LogP contribution is -2.51. The fourth-order valence-electron chi connectivity index (χ4n) is 2.66. The lowest BCUT2D eigenvalue weighted by atomic mass is 9.90. The molecule has 0 atom stereocenters. The van der Waals surface area contributed by atoms with Crippen molar-refractivity contribution in [1.82, 2.24) is 10.2 Å². The summed E-state index contributed by atoms with van der Waals surface area (Å²) < 4.78 is 5.27. The molecule has 1 N–H and O–H groups in total. The highest BCUT2D eigenvalue weighted by Crippen LogP contribution is 2.28. The standard InChI is InChI=1S/C13H21ClN2O3/c14-7-3-1-2-4-8-16-11(17)13(15-12(16)18)5-9-19-10-6-13/h1-10H2,(H,15,18). The molecule has 2 saturated heterocycles. The van der Waals surface area contributed by atoms with Gasteiger partial charge in [0.25, 0.3) is 5.91 Å². The Labute approximate surface area is 118 Å². The number of carbonyl (C=O) groups is 2. The van der Waals surface area contributed by atoms with E-state index in [1.54, 1.807) is 0 Å². The monoisotopic (exact) mass is 288 g/mol. The fraction of sp³-hybridized carbons (Fsp3) is 0.846. The number of ether oxygens (including phenoxy) is 1. The molecule has 2 heterocycles. The molecule has 0 aliphatic carbocycles. The van der Waals surface area contributed by atoms with Gasteiger partial charge < -0.3 is 10.1 Å². The highest BCUT2D eigenvalue weighted by Gasteiger charge is 2.51. The van der Waals surface area contributed by atoms with Crippen LogP contribution >= 0.6 is 11.6 Å². The minimum Gasteiger partial charge on any atom is -0.381 e. The zero-order valence-electron chi connectivity index (χ0n) is 11.1. The lowest BCUT2D eigenvalue weighted by molar-refractivity contribution is -0.134. The molecule has 0 radical (unpaired) electrons. The molecule has 2 rings (SSSR count). The van der Waals surface area contributed by atoms with Crippen LogP contribution in [0.15, 0.2) is 0 Å². The van der Waals surface area contributed by atoms with Gasteiger partial charge in [0.15, 0.2) is 0 Å². The van der Waals surface area contributed by atoms with Gasteiger partial charge in [0.1, 0.15) is 5.54 Å². The molecule has 5 nitrogen and oxygen atoms in total. The lowest BCUT2D eigenvalue weighted by Gasteiger charge is -2.30. The topological polar surface area (TPSA) is 58.6 Å². The molecule has 0 unspecified atom stereocenters. The summed E-state index contributed by atoms with van der Waals surface area (Å²) in [5.41, 5.74) is -0.689. The van der Waals surface area contributed by atoms with Crippen LogP contribution in [0.1, 0.15) is 38.5 Å². The first kappa shape index (κ1) is 14.6. The van der Waals surface area contributed by atoms with Crippen molar-refractivity contribution in [2.24, 2.45) is 0 Å². The van der Waals surface area contributed by atoms with Crippen molar-refractivity contribution < 1.29 is 14.3 Å². The molecule has 108 valence electrons. The maximum atomic E-state index is 12.4. The SMILES string of the molecule is O=C1NC2(CCOCC2)C(=O)N1CCCCCCCl. The van der Waals surface area contributed by atoms with Gasteiger partial charge >= 0.3 is 6.03 Å². The van der Waals surface area contributed by atoms with Crippen LogP contribution in [0.5, 0.6) is 0 Å². The molecular weight excluding hydrogens is 268 g/mol. The molecule has 6 heteroatoms. The first-order valence-electron chi connectivity index (χ1n) is 6.97. The second-order valence-electron chi connectivity index (χ2n) is 5.18.